The minimum Gasteiger partial charge on any atom is -0.494 e. The smallest absolute Gasteiger partial charge is 0.165 e. The summed E-state index contributed by atoms with van der Waals surface area (Å²) in [6.07, 6.45) is 3.07. The minimum atomic E-state index is -0.329. The molecule has 2 unspecified atom stereocenters. The maximum atomic E-state index is 14.0. The molecular formula is C17H28FNO2. The van der Waals surface area contributed by atoms with Crippen LogP contribution >= 0.6 is 0 Å². The van der Waals surface area contributed by atoms with E-state index in [0.29, 0.717) is 6.61 Å². The SMILES string of the molecule is CCCNC(c1ccc(OC)c(F)c1)C(CCC)OCC. The van der Waals surface area contributed by atoms with Gasteiger partial charge in [-0.15, -0.1) is 0 Å². The van der Waals surface area contributed by atoms with Crippen molar-refractivity contribution in [2.45, 2.75) is 52.2 Å². The molecule has 1 N–H and O–H groups in total. The Hall–Kier alpha value is -1.13. The third-order valence-electron chi connectivity index (χ3n) is 3.47. The summed E-state index contributed by atoms with van der Waals surface area (Å²) >= 11 is 0. The largest absolute Gasteiger partial charge is 0.494 e. The van der Waals surface area contributed by atoms with E-state index in [1.165, 1.54) is 7.11 Å². The van der Waals surface area contributed by atoms with Crippen molar-refractivity contribution in [2.24, 2.45) is 0 Å². The number of benzene rings is 1. The summed E-state index contributed by atoms with van der Waals surface area (Å²) in [6.45, 7) is 7.79. The van der Waals surface area contributed by atoms with E-state index >= 15 is 0 Å². The highest BCUT2D eigenvalue weighted by Crippen LogP contribution is 2.27. The minimum absolute atomic E-state index is 0.00487. The summed E-state index contributed by atoms with van der Waals surface area (Å²) in [6, 6.07) is 5.15. The number of hydrogen-bond donors (Lipinski definition) is 1. The van der Waals surface area contributed by atoms with Crippen LogP contribution in [-0.2, 0) is 4.74 Å². The van der Waals surface area contributed by atoms with Crippen LogP contribution in [-0.4, -0.2) is 26.4 Å². The lowest BCUT2D eigenvalue weighted by Crippen LogP contribution is -2.34. The number of methoxy groups -OCH3 is 1. The maximum Gasteiger partial charge on any atom is 0.165 e. The lowest BCUT2D eigenvalue weighted by Gasteiger charge is -2.28. The Morgan fingerprint density at radius 3 is 2.48 bits per heavy atom. The maximum absolute atomic E-state index is 14.0. The standard InChI is InChI=1S/C17H28FNO2/c1-5-8-16(21-7-3)17(19-11-6-2)13-9-10-15(20-4)14(18)12-13/h9-10,12,16-17,19H,5-8,11H2,1-4H3. The van der Waals surface area contributed by atoms with Gasteiger partial charge in [0.2, 0.25) is 0 Å². The fourth-order valence-electron chi connectivity index (χ4n) is 2.48. The van der Waals surface area contributed by atoms with Crippen LogP contribution in [0.3, 0.4) is 0 Å². The molecule has 0 radical (unpaired) electrons. The van der Waals surface area contributed by atoms with Gasteiger partial charge in [0.15, 0.2) is 11.6 Å². The van der Waals surface area contributed by atoms with Crippen molar-refractivity contribution in [1.82, 2.24) is 5.32 Å². The van der Waals surface area contributed by atoms with E-state index in [-0.39, 0.29) is 23.7 Å². The molecule has 1 aromatic carbocycles. The van der Waals surface area contributed by atoms with Crippen molar-refractivity contribution in [1.29, 1.82) is 0 Å². The van der Waals surface area contributed by atoms with Crippen molar-refractivity contribution in [3.8, 4) is 5.75 Å². The zero-order valence-electron chi connectivity index (χ0n) is 13.6. The molecule has 0 amide bonds. The van der Waals surface area contributed by atoms with Crippen LogP contribution in [0.4, 0.5) is 4.39 Å². The van der Waals surface area contributed by atoms with E-state index in [0.717, 1.165) is 31.4 Å². The molecule has 2 atom stereocenters. The van der Waals surface area contributed by atoms with E-state index in [2.05, 4.69) is 19.2 Å². The molecule has 0 aliphatic carbocycles. The van der Waals surface area contributed by atoms with Crippen LogP contribution < -0.4 is 10.1 Å². The second-order valence-corrected chi connectivity index (χ2v) is 5.11. The van der Waals surface area contributed by atoms with E-state index in [1.54, 1.807) is 12.1 Å². The predicted molar refractivity (Wildman–Crippen MR) is 84.3 cm³/mol. The summed E-state index contributed by atoms with van der Waals surface area (Å²) < 4.78 is 24.8. The molecule has 3 nitrogen and oxygen atoms in total. The fourth-order valence-corrected chi connectivity index (χ4v) is 2.48. The Kier molecular flexibility index (Phi) is 8.31. The quantitative estimate of drug-likeness (QED) is 0.706. The highest BCUT2D eigenvalue weighted by molar-refractivity contribution is 5.31. The van der Waals surface area contributed by atoms with E-state index < -0.39 is 0 Å². The van der Waals surface area contributed by atoms with Crippen LogP contribution in [0.1, 0.15) is 51.6 Å². The van der Waals surface area contributed by atoms with Crippen molar-refractivity contribution in [2.75, 3.05) is 20.3 Å². The summed E-state index contributed by atoms with van der Waals surface area (Å²) in [5.41, 5.74) is 0.911. The van der Waals surface area contributed by atoms with Crippen LogP contribution in [0.5, 0.6) is 5.75 Å². The van der Waals surface area contributed by atoms with Gasteiger partial charge < -0.3 is 14.8 Å². The molecule has 0 saturated heterocycles. The Labute approximate surface area is 127 Å². The van der Waals surface area contributed by atoms with Crippen LogP contribution in [0.25, 0.3) is 0 Å². The molecule has 0 bridgehead atoms. The molecule has 1 aromatic rings. The summed E-state index contributed by atoms with van der Waals surface area (Å²) in [4.78, 5) is 0. The molecule has 0 aromatic heterocycles. The highest BCUT2D eigenvalue weighted by atomic mass is 19.1. The molecule has 120 valence electrons. The zero-order chi connectivity index (χ0) is 15.7. The second-order valence-electron chi connectivity index (χ2n) is 5.11. The summed E-state index contributed by atoms with van der Waals surface area (Å²) in [7, 11) is 1.48. The second kappa shape index (κ2) is 9.74. The van der Waals surface area contributed by atoms with Crippen molar-refractivity contribution in [3.05, 3.63) is 29.6 Å². The van der Waals surface area contributed by atoms with Crippen LogP contribution in [0.15, 0.2) is 18.2 Å². The van der Waals surface area contributed by atoms with Gasteiger partial charge in [0.05, 0.1) is 19.3 Å². The van der Waals surface area contributed by atoms with E-state index in [9.17, 15) is 4.39 Å². The van der Waals surface area contributed by atoms with Gasteiger partial charge in [0.25, 0.3) is 0 Å². The Bertz CT molecular complexity index is 406. The number of hydrogen-bond acceptors (Lipinski definition) is 3. The van der Waals surface area contributed by atoms with Gasteiger partial charge >= 0.3 is 0 Å². The summed E-state index contributed by atoms with van der Waals surface area (Å²) in [5.74, 6) is -0.0542. The monoisotopic (exact) mass is 297 g/mol. The average molecular weight is 297 g/mol. The lowest BCUT2D eigenvalue weighted by molar-refractivity contribution is 0.0275. The topological polar surface area (TPSA) is 30.5 Å². The molecule has 0 aliphatic heterocycles. The molecule has 0 fully saturated rings. The first kappa shape index (κ1) is 17.9. The molecule has 1 rings (SSSR count). The van der Waals surface area contributed by atoms with Gasteiger partial charge in [-0.05, 0) is 44.0 Å². The van der Waals surface area contributed by atoms with E-state index in [1.807, 2.05) is 13.0 Å². The first-order chi connectivity index (χ1) is 10.2. The normalized spacial score (nSPS) is 14.0. The van der Waals surface area contributed by atoms with Gasteiger partial charge in [0, 0.05) is 6.61 Å². The Morgan fingerprint density at radius 1 is 1.19 bits per heavy atom. The third kappa shape index (κ3) is 5.29. The first-order valence-electron chi connectivity index (χ1n) is 7.86. The number of halogens is 1. The molecule has 0 heterocycles. The molecule has 0 saturated carbocycles. The van der Waals surface area contributed by atoms with Gasteiger partial charge in [-0.2, -0.15) is 0 Å². The number of ether oxygens (including phenoxy) is 2. The fraction of sp³-hybridized carbons (Fsp3) is 0.647. The van der Waals surface area contributed by atoms with Crippen molar-refractivity contribution < 1.29 is 13.9 Å². The van der Waals surface area contributed by atoms with Crippen molar-refractivity contribution >= 4 is 0 Å². The Morgan fingerprint density at radius 2 is 1.95 bits per heavy atom. The Balaban J connectivity index is 3.01. The number of nitrogens with one attached hydrogen (secondary N) is 1. The average Bonchev–Trinajstić information content (AvgIpc) is 2.48. The molecule has 0 spiro atoms. The van der Waals surface area contributed by atoms with Crippen molar-refractivity contribution in [3.63, 3.8) is 0 Å². The molecule has 4 heteroatoms. The van der Waals surface area contributed by atoms with Gasteiger partial charge in [-0.3, -0.25) is 0 Å². The van der Waals surface area contributed by atoms with Crippen LogP contribution in [0.2, 0.25) is 0 Å². The van der Waals surface area contributed by atoms with Gasteiger partial charge in [-0.1, -0.05) is 26.3 Å². The zero-order valence-corrected chi connectivity index (χ0v) is 13.6. The van der Waals surface area contributed by atoms with E-state index in [4.69, 9.17) is 9.47 Å². The first-order valence-corrected chi connectivity index (χ1v) is 7.86. The molecule has 21 heavy (non-hydrogen) atoms. The third-order valence-corrected chi connectivity index (χ3v) is 3.47. The predicted octanol–water partition coefficient (Wildman–Crippen LogP) is 4.08. The lowest BCUT2D eigenvalue weighted by atomic mass is 9.97. The van der Waals surface area contributed by atoms with Crippen LogP contribution in [0, 0.1) is 5.82 Å². The molecule has 0 aliphatic rings. The van der Waals surface area contributed by atoms with Gasteiger partial charge in [0.1, 0.15) is 0 Å². The molecular weight excluding hydrogens is 269 g/mol. The summed E-state index contributed by atoms with van der Waals surface area (Å²) in [5, 5.41) is 3.49. The highest BCUT2D eigenvalue weighted by Gasteiger charge is 2.23. The van der Waals surface area contributed by atoms with Gasteiger partial charge in [-0.25, -0.2) is 4.39 Å². The number of rotatable bonds is 10.